The number of ether oxygens (including phenoxy) is 2. The van der Waals surface area contributed by atoms with E-state index in [2.05, 4.69) is 6.92 Å². The van der Waals surface area contributed by atoms with Crippen LogP contribution in [0.1, 0.15) is 122 Å². The summed E-state index contributed by atoms with van der Waals surface area (Å²) in [5, 5.41) is 0.459. The normalized spacial score (nSPS) is 10.9. The van der Waals surface area contributed by atoms with Crippen molar-refractivity contribution in [3.05, 3.63) is 28.8 Å². The molecule has 0 radical (unpaired) electrons. The molecule has 0 atom stereocenters. The summed E-state index contributed by atoms with van der Waals surface area (Å²) >= 11 is 6.06. The lowest BCUT2D eigenvalue weighted by molar-refractivity contribution is -0.144. The van der Waals surface area contributed by atoms with E-state index in [1.54, 1.807) is 12.1 Å². The minimum absolute atomic E-state index is 0.0629. The summed E-state index contributed by atoms with van der Waals surface area (Å²) in [4.78, 5) is 23.8. The molecule has 0 saturated carbocycles. The summed E-state index contributed by atoms with van der Waals surface area (Å²) in [5.74, 6) is 0.135. The number of aryl methyl sites for hydroxylation is 1. The second kappa shape index (κ2) is 19.9. The fourth-order valence-corrected chi connectivity index (χ4v) is 3.94. The Hall–Kier alpha value is -1.55. The first-order valence-electron chi connectivity index (χ1n) is 13.2. The first kappa shape index (κ1) is 29.5. The van der Waals surface area contributed by atoms with Gasteiger partial charge in [0, 0.05) is 12.8 Å². The molecule has 5 heteroatoms. The van der Waals surface area contributed by atoms with E-state index in [1.807, 2.05) is 13.0 Å². The summed E-state index contributed by atoms with van der Waals surface area (Å²) < 4.78 is 10.7. The Morgan fingerprint density at radius 1 is 0.727 bits per heavy atom. The van der Waals surface area contributed by atoms with E-state index in [-0.39, 0.29) is 11.9 Å². The van der Waals surface area contributed by atoms with Gasteiger partial charge in [0.05, 0.1) is 11.6 Å². The number of rotatable bonds is 20. The molecule has 0 aliphatic carbocycles. The van der Waals surface area contributed by atoms with E-state index in [0.717, 1.165) is 56.9 Å². The van der Waals surface area contributed by atoms with Gasteiger partial charge >= 0.3 is 11.9 Å². The number of carbonyl (C=O) groups is 2. The molecule has 0 aliphatic rings. The van der Waals surface area contributed by atoms with Crippen LogP contribution in [0.4, 0.5) is 0 Å². The zero-order chi connectivity index (χ0) is 24.2. The minimum Gasteiger partial charge on any atom is -0.466 e. The fourth-order valence-electron chi connectivity index (χ4n) is 3.78. The van der Waals surface area contributed by atoms with Crippen LogP contribution in [0.3, 0.4) is 0 Å². The summed E-state index contributed by atoms with van der Waals surface area (Å²) in [6.45, 7) is 4.75. The second-order valence-electron chi connectivity index (χ2n) is 9.08. The van der Waals surface area contributed by atoms with Crippen molar-refractivity contribution in [3.63, 3.8) is 0 Å². The highest BCUT2D eigenvalue weighted by Crippen LogP contribution is 2.25. The topological polar surface area (TPSA) is 52.6 Å². The number of halogens is 1. The van der Waals surface area contributed by atoms with E-state index in [9.17, 15) is 9.59 Å². The standard InChI is InChI=1S/C28H45ClO4/c1-3-4-5-6-7-8-11-14-17-22-32-27(30)18-15-12-9-10-13-16-19-28(31)33-26-23-24(2)20-21-25(26)29/h20-21,23H,3-19,22H2,1-2H3. The van der Waals surface area contributed by atoms with Gasteiger partial charge in [-0.2, -0.15) is 0 Å². The van der Waals surface area contributed by atoms with Crippen LogP contribution < -0.4 is 4.74 Å². The molecule has 0 N–H and O–H groups in total. The van der Waals surface area contributed by atoms with Crippen molar-refractivity contribution in [2.24, 2.45) is 0 Å². The molecule has 0 amide bonds. The van der Waals surface area contributed by atoms with Crippen LogP contribution in [0, 0.1) is 6.92 Å². The molecule has 33 heavy (non-hydrogen) atoms. The third-order valence-electron chi connectivity index (χ3n) is 5.83. The highest BCUT2D eigenvalue weighted by Gasteiger charge is 2.08. The lowest BCUT2D eigenvalue weighted by Gasteiger charge is -2.07. The summed E-state index contributed by atoms with van der Waals surface area (Å²) in [6, 6.07) is 5.41. The number of esters is 2. The zero-order valence-electron chi connectivity index (χ0n) is 21.0. The Kier molecular flexibility index (Phi) is 17.8. The van der Waals surface area contributed by atoms with E-state index in [4.69, 9.17) is 21.1 Å². The van der Waals surface area contributed by atoms with Gasteiger partial charge in [0.2, 0.25) is 0 Å². The highest BCUT2D eigenvalue weighted by atomic mass is 35.5. The SMILES string of the molecule is CCCCCCCCCCCOC(=O)CCCCCCCCC(=O)Oc1cc(C)ccc1Cl. The summed E-state index contributed by atoms with van der Waals surface area (Å²) in [7, 11) is 0. The molecule has 0 heterocycles. The molecular formula is C28H45ClO4. The minimum atomic E-state index is -0.239. The fraction of sp³-hybridized carbons (Fsp3) is 0.714. The third kappa shape index (κ3) is 16.7. The van der Waals surface area contributed by atoms with E-state index < -0.39 is 0 Å². The monoisotopic (exact) mass is 480 g/mol. The summed E-state index contributed by atoms with van der Waals surface area (Å²) in [6.07, 6.45) is 18.2. The number of benzene rings is 1. The van der Waals surface area contributed by atoms with Gasteiger partial charge in [-0.05, 0) is 43.9 Å². The summed E-state index contributed by atoms with van der Waals surface area (Å²) in [5.41, 5.74) is 1.01. The van der Waals surface area contributed by atoms with Crippen molar-refractivity contribution in [2.45, 2.75) is 123 Å². The average Bonchev–Trinajstić information content (AvgIpc) is 2.79. The van der Waals surface area contributed by atoms with Gasteiger partial charge in [-0.15, -0.1) is 0 Å². The van der Waals surface area contributed by atoms with E-state index >= 15 is 0 Å². The highest BCUT2D eigenvalue weighted by molar-refractivity contribution is 6.32. The average molecular weight is 481 g/mol. The predicted octanol–water partition coefficient (Wildman–Crippen LogP) is 8.75. The first-order valence-corrected chi connectivity index (χ1v) is 13.5. The van der Waals surface area contributed by atoms with Crippen LogP contribution in [0.25, 0.3) is 0 Å². The molecule has 188 valence electrons. The van der Waals surface area contributed by atoms with E-state index in [0.29, 0.717) is 30.2 Å². The number of carbonyl (C=O) groups excluding carboxylic acids is 2. The quantitative estimate of drug-likeness (QED) is 0.106. The molecule has 0 aliphatic heterocycles. The number of hydrogen-bond donors (Lipinski definition) is 0. The van der Waals surface area contributed by atoms with Crippen LogP contribution in [0.15, 0.2) is 18.2 Å². The molecule has 0 aromatic heterocycles. The third-order valence-corrected chi connectivity index (χ3v) is 6.15. The molecule has 1 aromatic carbocycles. The predicted molar refractivity (Wildman–Crippen MR) is 137 cm³/mol. The van der Waals surface area contributed by atoms with Crippen molar-refractivity contribution >= 4 is 23.5 Å². The maximum absolute atomic E-state index is 12.0. The van der Waals surface area contributed by atoms with Gasteiger partial charge in [0.15, 0.2) is 0 Å². The molecule has 1 aromatic rings. The number of unbranched alkanes of at least 4 members (excludes halogenated alkanes) is 13. The number of hydrogen-bond acceptors (Lipinski definition) is 4. The molecule has 0 unspecified atom stereocenters. The molecule has 4 nitrogen and oxygen atoms in total. The lowest BCUT2D eigenvalue weighted by atomic mass is 10.1. The van der Waals surface area contributed by atoms with Gasteiger partial charge in [-0.3, -0.25) is 9.59 Å². The van der Waals surface area contributed by atoms with Crippen LogP contribution in [0.5, 0.6) is 5.75 Å². The van der Waals surface area contributed by atoms with Crippen molar-refractivity contribution in [2.75, 3.05) is 6.61 Å². The maximum Gasteiger partial charge on any atom is 0.311 e. The maximum atomic E-state index is 12.0. The molecule has 0 saturated heterocycles. The van der Waals surface area contributed by atoms with Crippen LogP contribution in [0.2, 0.25) is 5.02 Å². The van der Waals surface area contributed by atoms with Crippen LogP contribution in [-0.4, -0.2) is 18.5 Å². The molecule has 0 fully saturated rings. The van der Waals surface area contributed by atoms with Gasteiger partial charge in [-0.1, -0.05) is 102 Å². The smallest absolute Gasteiger partial charge is 0.311 e. The Labute approximate surface area is 206 Å². The van der Waals surface area contributed by atoms with Crippen molar-refractivity contribution in [1.29, 1.82) is 0 Å². The van der Waals surface area contributed by atoms with Gasteiger partial charge in [-0.25, -0.2) is 0 Å². The van der Waals surface area contributed by atoms with Crippen LogP contribution in [-0.2, 0) is 14.3 Å². The van der Waals surface area contributed by atoms with E-state index in [1.165, 1.54) is 44.9 Å². The van der Waals surface area contributed by atoms with Gasteiger partial charge < -0.3 is 9.47 Å². The van der Waals surface area contributed by atoms with Crippen molar-refractivity contribution < 1.29 is 19.1 Å². The van der Waals surface area contributed by atoms with Gasteiger partial charge in [0.1, 0.15) is 5.75 Å². The Balaban J connectivity index is 1.87. The Morgan fingerprint density at radius 3 is 1.85 bits per heavy atom. The molecule has 0 spiro atoms. The largest absolute Gasteiger partial charge is 0.466 e. The van der Waals surface area contributed by atoms with Crippen molar-refractivity contribution in [1.82, 2.24) is 0 Å². The van der Waals surface area contributed by atoms with Gasteiger partial charge in [0.25, 0.3) is 0 Å². The molecular weight excluding hydrogens is 436 g/mol. The Morgan fingerprint density at radius 2 is 1.24 bits per heavy atom. The van der Waals surface area contributed by atoms with Crippen LogP contribution >= 0.6 is 11.6 Å². The Bertz CT molecular complexity index is 659. The molecule has 0 bridgehead atoms. The lowest BCUT2D eigenvalue weighted by Crippen LogP contribution is -2.08. The zero-order valence-corrected chi connectivity index (χ0v) is 21.7. The first-order chi connectivity index (χ1) is 16.0. The molecule has 1 rings (SSSR count). The van der Waals surface area contributed by atoms with Crippen molar-refractivity contribution in [3.8, 4) is 5.75 Å². The second-order valence-corrected chi connectivity index (χ2v) is 9.49.